The van der Waals surface area contributed by atoms with Crippen LogP contribution in [-0.2, 0) is 28.5 Å². The molecule has 0 unspecified atom stereocenters. The molecule has 0 aliphatic heterocycles. The molecule has 160 valence electrons. The highest BCUT2D eigenvalue weighted by molar-refractivity contribution is 5.88. The smallest absolute Gasteiger partial charge is 0.221 e. The Labute approximate surface area is 167 Å². The van der Waals surface area contributed by atoms with E-state index in [1.54, 1.807) is 24.3 Å². The molecule has 0 aromatic heterocycles. The molecule has 0 atom stereocenters. The van der Waals surface area contributed by atoms with E-state index in [9.17, 15) is 4.79 Å². The predicted octanol–water partition coefficient (Wildman–Crippen LogP) is 2.13. The SMILES string of the molecule is CCOCCOCCOCCOCCOCCOc1ccc(NC(C)=O)cc1. The number of ether oxygens (including phenoxy) is 6. The van der Waals surface area contributed by atoms with Crippen molar-refractivity contribution in [2.45, 2.75) is 13.8 Å². The van der Waals surface area contributed by atoms with Crippen LogP contribution in [-0.4, -0.2) is 78.6 Å². The minimum atomic E-state index is -0.0989. The van der Waals surface area contributed by atoms with Crippen molar-refractivity contribution in [2.75, 3.05) is 78.0 Å². The van der Waals surface area contributed by atoms with Gasteiger partial charge in [-0.3, -0.25) is 4.79 Å². The van der Waals surface area contributed by atoms with E-state index in [0.717, 1.165) is 11.4 Å². The van der Waals surface area contributed by atoms with Gasteiger partial charge in [0.25, 0.3) is 0 Å². The molecule has 28 heavy (non-hydrogen) atoms. The summed E-state index contributed by atoms with van der Waals surface area (Å²) in [5.41, 5.74) is 0.742. The number of amides is 1. The van der Waals surface area contributed by atoms with Crippen molar-refractivity contribution in [3.8, 4) is 5.75 Å². The molecule has 0 aliphatic carbocycles. The van der Waals surface area contributed by atoms with Crippen LogP contribution in [0.1, 0.15) is 13.8 Å². The lowest BCUT2D eigenvalue weighted by Gasteiger charge is -2.09. The third kappa shape index (κ3) is 14.4. The number of hydrogen-bond acceptors (Lipinski definition) is 7. The van der Waals surface area contributed by atoms with Crippen LogP contribution >= 0.6 is 0 Å². The molecular formula is C20H33NO7. The summed E-state index contributed by atoms with van der Waals surface area (Å²) in [6.45, 7) is 9.48. The summed E-state index contributed by atoms with van der Waals surface area (Å²) in [6, 6.07) is 7.19. The number of anilines is 1. The molecule has 1 aromatic rings. The highest BCUT2D eigenvalue weighted by Crippen LogP contribution is 2.15. The van der Waals surface area contributed by atoms with Gasteiger partial charge >= 0.3 is 0 Å². The van der Waals surface area contributed by atoms with E-state index in [2.05, 4.69) is 5.32 Å². The lowest BCUT2D eigenvalue weighted by molar-refractivity contribution is -0.114. The van der Waals surface area contributed by atoms with Crippen molar-refractivity contribution in [1.29, 1.82) is 0 Å². The molecule has 0 bridgehead atoms. The minimum Gasteiger partial charge on any atom is -0.491 e. The zero-order chi connectivity index (χ0) is 20.3. The van der Waals surface area contributed by atoms with Gasteiger partial charge in [-0.2, -0.15) is 0 Å². The number of hydrogen-bond donors (Lipinski definition) is 1. The highest BCUT2D eigenvalue weighted by atomic mass is 16.6. The van der Waals surface area contributed by atoms with E-state index in [4.69, 9.17) is 28.4 Å². The van der Waals surface area contributed by atoms with Gasteiger partial charge in [0.2, 0.25) is 5.91 Å². The molecule has 0 saturated heterocycles. The molecule has 1 N–H and O–H groups in total. The molecule has 8 nitrogen and oxygen atoms in total. The second-order valence-electron chi connectivity index (χ2n) is 5.70. The van der Waals surface area contributed by atoms with Crippen LogP contribution in [0.25, 0.3) is 0 Å². The van der Waals surface area contributed by atoms with Gasteiger partial charge in [0.15, 0.2) is 0 Å². The fraction of sp³-hybridized carbons (Fsp3) is 0.650. The van der Waals surface area contributed by atoms with E-state index in [1.807, 2.05) is 6.92 Å². The fourth-order valence-corrected chi connectivity index (χ4v) is 2.08. The maximum Gasteiger partial charge on any atom is 0.221 e. The summed E-state index contributed by atoms with van der Waals surface area (Å²) in [7, 11) is 0. The standard InChI is InChI=1S/C20H33NO7/c1-3-23-8-9-24-10-11-25-12-13-26-14-15-27-16-17-28-20-6-4-19(5-7-20)21-18(2)22/h4-7H,3,8-17H2,1-2H3,(H,21,22). The van der Waals surface area contributed by atoms with Crippen molar-refractivity contribution in [2.24, 2.45) is 0 Å². The van der Waals surface area contributed by atoms with Gasteiger partial charge in [0.05, 0.1) is 59.5 Å². The third-order valence-corrected chi connectivity index (χ3v) is 3.36. The Morgan fingerprint density at radius 3 is 1.57 bits per heavy atom. The van der Waals surface area contributed by atoms with E-state index >= 15 is 0 Å². The first-order valence-electron chi connectivity index (χ1n) is 9.61. The topological polar surface area (TPSA) is 84.5 Å². The molecule has 8 heteroatoms. The Kier molecular flexibility index (Phi) is 15.1. The van der Waals surface area contributed by atoms with Crippen molar-refractivity contribution >= 4 is 11.6 Å². The number of carbonyl (C=O) groups excluding carboxylic acids is 1. The Morgan fingerprint density at radius 1 is 0.714 bits per heavy atom. The molecule has 1 aromatic carbocycles. The van der Waals surface area contributed by atoms with Gasteiger partial charge in [-0.15, -0.1) is 0 Å². The minimum absolute atomic E-state index is 0.0989. The van der Waals surface area contributed by atoms with E-state index in [1.165, 1.54) is 6.92 Å². The van der Waals surface area contributed by atoms with Crippen molar-refractivity contribution in [3.05, 3.63) is 24.3 Å². The maximum absolute atomic E-state index is 11.0. The Morgan fingerprint density at radius 2 is 1.14 bits per heavy atom. The third-order valence-electron chi connectivity index (χ3n) is 3.36. The first kappa shape index (κ1) is 24.3. The van der Waals surface area contributed by atoms with E-state index in [-0.39, 0.29) is 5.91 Å². The first-order chi connectivity index (χ1) is 13.7. The zero-order valence-electron chi connectivity index (χ0n) is 16.9. The summed E-state index contributed by atoms with van der Waals surface area (Å²) in [5.74, 6) is 0.631. The highest BCUT2D eigenvalue weighted by Gasteiger charge is 1.98. The Bertz CT molecular complexity index is 496. The summed E-state index contributed by atoms with van der Waals surface area (Å²) >= 11 is 0. The van der Waals surface area contributed by atoms with Gasteiger partial charge in [0, 0.05) is 19.2 Å². The first-order valence-corrected chi connectivity index (χ1v) is 9.61. The van der Waals surface area contributed by atoms with Crippen LogP contribution in [0.2, 0.25) is 0 Å². The fourth-order valence-electron chi connectivity index (χ4n) is 2.08. The molecule has 0 saturated carbocycles. The van der Waals surface area contributed by atoms with Crippen LogP contribution in [0.3, 0.4) is 0 Å². The zero-order valence-corrected chi connectivity index (χ0v) is 16.9. The van der Waals surface area contributed by atoms with Gasteiger partial charge in [0.1, 0.15) is 12.4 Å². The van der Waals surface area contributed by atoms with Gasteiger partial charge in [-0.25, -0.2) is 0 Å². The summed E-state index contributed by atoms with van der Waals surface area (Å²) < 4.78 is 32.3. The predicted molar refractivity (Wildman–Crippen MR) is 106 cm³/mol. The average Bonchev–Trinajstić information content (AvgIpc) is 2.68. The van der Waals surface area contributed by atoms with Crippen molar-refractivity contribution in [1.82, 2.24) is 0 Å². The van der Waals surface area contributed by atoms with Gasteiger partial charge in [-0.1, -0.05) is 0 Å². The number of benzene rings is 1. The van der Waals surface area contributed by atoms with Crippen LogP contribution in [0.15, 0.2) is 24.3 Å². The number of rotatable bonds is 18. The summed E-state index contributed by atoms with van der Waals surface area (Å²) in [4.78, 5) is 11.0. The molecule has 0 spiro atoms. The second kappa shape index (κ2) is 17.4. The summed E-state index contributed by atoms with van der Waals surface area (Å²) in [6.07, 6.45) is 0. The van der Waals surface area contributed by atoms with Crippen LogP contribution in [0.5, 0.6) is 5.75 Å². The van der Waals surface area contributed by atoms with Crippen molar-refractivity contribution in [3.63, 3.8) is 0 Å². The quantitative estimate of drug-likeness (QED) is 0.379. The average molecular weight is 399 g/mol. The molecule has 0 radical (unpaired) electrons. The number of nitrogens with one attached hydrogen (secondary N) is 1. The molecule has 0 fully saturated rings. The Hall–Kier alpha value is -1.71. The van der Waals surface area contributed by atoms with Crippen LogP contribution < -0.4 is 10.1 Å². The Balaban J connectivity index is 1.82. The van der Waals surface area contributed by atoms with E-state index in [0.29, 0.717) is 72.7 Å². The van der Waals surface area contributed by atoms with Crippen molar-refractivity contribution < 1.29 is 33.2 Å². The van der Waals surface area contributed by atoms with Gasteiger partial charge in [-0.05, 0) is 31.2 Å². The summed E-state index contributed by atoms with van der Waals surface area (Å²) in [5, 5.41) is 2.70. The second-order valence-corrected chi connectivity index (χ2v) is 5.70. The lowest BCUT2D eigenvalue weighted by Crippen LogP contribution is -2.14. The van der Waals surface area contributed by atoms with E-state index < -0.39 is 0 Å². The van der Waals surface area contributed by atoms with Crippen LogP contribution in [0, 0.1) is 0 Å². The molecule has 1 amide bonds. The molecule has 0 aliphatic rings. The van der Waals surface area contributed by atoms with Crippen LogP contribution in [0.4, 0.5) is 5.69 Å². The maximum atomic E-state index is 11.0. The molecule has 0 heterocycles. The lowest BCUT2D eigenvalue weighted by atomic mass is 10.3. The van der Waals surface area contributed by atoms with Gasteiger partial charge < -0.3 is 33.7 Å². The molecule has 1 rings (SSSR count). The largest absolute Gasteiger partial charge is 0.491 e. The number of carbonyl (C=O) groups is 1. The monoisotopic (exact) mass is 399 g/mol. The normalized spacial score (nSPS) is 10.8. The molecular weight excluding hydrogens is 366 g/mol.